The van der Waals surface area contributed by atoms with Crippen LogP contribution < -0.4 is 4.68 Å². The molecule has 0 aliphatic rings. The van der Waals surface area contributed by atoms with Crippen LogP contribution in [-0.2, 0) is 21.1 Å². The molecule has 20 heavy (non-hydrogen) atoms. The lowest BCUT2D eigenvalue weighted by Gasteiger charge is -1.92. The van der Waals surface area contributed by atoms with Gasteiger partial charge in [-0.1, -0.05) is 18.2 Å². The van der Waals surface area contributed by atoms with E-state index in [1.165, 1.54) is 0 Å². The molecule has 1 aromatic carbocycles. The summed E-state index contributed by atoms with van der Waals surface area (Å²) in [6.07, 6.45) is 3.98. The minimum Gasteiger partial charge on any atom is -0.348 e. The third-order valence-corrected chi connectivity index (χ3v) is 3.78. The van der Waals surface area contributed by atoms with E-state index < -0.39 is 0 Å². The van der Waals surface area contributed by atoms with Crippen molar-refractivity contribution in [1.82, 2.24) is 9.25 Å². The van der Waals surface area contributed by atoms with Crippen molar-refractivity contribution < 1.29 is 4.68 Å². The lowest BCUT2D eigenvalue weighted by molar-refractivity contribution is -0.751. The first kappa shape index (κ1) is 12.6. The molecule has 0 fully saturated rings. The summed E-state index contributed by atoms with van der Waals surface area (Å²) >= 11 is 0. The maximum atomic E-state index is 4.42. The van der Waals surface area contributed by atoms with Crippen molar-refractivity contribution in [1.29, 1.82) is 0 Å². The quantitative estimate of drug-likeness (QED) is 0.506. The highest BCUT2D eigenvalue weighted by molar-refractivity contribution is 5.91. The lowest BCUT2D eigenvalue weighted by Crippen LogP contribution is -2.36. The van der Waals surface area contributed by atoms with Gasteiger partial charge in [0.05, 0.1) is 12.6 Å². The first-order valence-electron chi connectivity index (χ1n) is 6.56. The van der Waals surface area contributed by atoms with Crippen LogP contribution in [0.4, 0.5) is 11.4 Å². The summed E-state index contributed by atoms with van der Waals surface area (Å²) in [5.74, 6) is 0. The lowest BCUT2D eigenvalue weighted by atomic mass is 10.2. The third kappa shape index (κ3) is 1.91. The summed E-state index contributed by atoms with van der Waals surface area (Å²) in [4.78, 5) is 0. The second-order valence-electron chi connectivity index (χ2n) is 5.04. The van der Waals surface area contributed by atoms with Gasteiger partial charge in [0.15, 0.2) is 12.7 Å². The molecule has 0 amide bonds. The predicted octanol–water partition coefficient (Wildman–Crippen LogP) is 3.07. The van der Waals surface area contributed by atoms with Crippen molar-refractivity contribution in [2.75, 3.05) is 0 Å². The minimum atomic E-state index is 0.892. The Morgan fingerprint density at radius 3 is 2.45 bits per heavy atom. The van der Waals surface area contributed by atoms with Crippen molar-refractivity contribution in [3.8, 4) is 0 Å². The molecule has 0 bridgehead atoms. The Kier molecular flexibility index (Phi) is 2.89. The van der Waals surface area contributed by atoms with E-state index in [1.807, 2.05) is 62.0 Å². The Morgan fingerprint density at radius 2 is 1.75 bits per heavy atom. The predicted molar refractivity (Wildman–Crippen MR) is 78.4 cm³/mol. The molecule has 0 saturated carbocycles. The van der Waals surface area contributed by atoms with Gasteiger partial charge in [-0.15, -0.1) is 14.9 Å². The number of nitrogens with zero attached hydrogens (tertiary/aromatic N) is 5. The standard InChI is InChI=1S/C15H18N5/c1-11-13(10-19(3)20(11)4)16-17-14-9-18(2)15-8-6-5-7-12(14)15/h5-10H,1-4H3/q+1. The van der Waals surface area contributed by atoms with Crippen molar-refractivity contribution in [2.24, 2.45) is 31.4 Å². The molecule has 0 N–H and O–H groups in total. The van der Waals surface area contributed by atoms with Crippen molar-refractivity contribution in [3.63, 3.8) is 0 Å². The smallest absolute Gasteiger partial charge is 0.223 e. The maximum absolute atomic E-state index is 4.42. The highest BCUT2D eigenvalue weighted by Crippen LogP contribution is 2.29. The number of benzene rings is 1. The van der Waals surface area contributed by atoms with Crippen molar-refractivity contribution in [2.45, 2.75) is 6.92 Å². The van der Waals surface area contributed by atoms with Crippen LogP contribution in [0.25, 0.3) is 10.9 Å². The van der Waals surface area contributed by atoms with Gasteiger partial charge in [0.1, 0.15) is 11.4 Å². The fourth-order valence-corrected chi connectivity index (χ4v) is 2.37. The average molecular weight is 268 g/mol. The third-order valence-electron chi connectivity index (χ3n) is 3.78. The van der Waals surface area contributed by atoms with Crippen LogP contribution in [0.15, 0.2) is 46.9 Å². The number of hydrogen-bond acceptors (Lipinski definition) is 2. The summed E-state index contributed by atoms with van der Waals surface area (Å²) in [6.45, 7) is 2.04. The fourth-order valence-electron chi connectivity index (χ4n) is 2.37. The van der Waals surface area contributed by atoms with E-state index in [2.05, 4.69) is 26.9 Å². The normalized spacial score (nSPS) is 11.8. The Hall–Kier alpha value is -2.43. The molecule has 5 heteroatoms. The number of hydrogen-bond donors (Lipinski definition) is 0. The van der Waals surface area contributed by atoms with E-state index in [0.717, 1.165) is 28.0 Å². The van der Waals surface area contributed by atoms with Gasteiger partial charge < -0.3 is 4.57 Å². The van der Waals surface area contributed by atoms with Gasteiger partial charge >= 0.3 is 0 Å². The van der Waals surface area contributed by atoms with Gasteiger partial charge in [-0.3, -0.25) is 0 Å². The monoisotopic (exact) mass is 268 g/mol. The number of aromatic nitrogens is 3. The second-order valence-corrected chi connectivity index (χ2v) is 5.04. The molecule has 102 valence electrons. The molecule has 0 aliphatic heterocycles. The summed E-state index contributed by atoms with van der Waals surface area (Å²) in [7, 11) is 6.02. The first-order chi connectivity index (χ1) is 9.58. The Labute approximate surface area is 117 Å². The Balaban J connectivity index is 2.05. The van der Waals surface area contributed by atoms with Gasteiger partial charge in [-0.2, -0.15) is 4.68 Å². The van der Waals surface area contributed by atoms with E-state index in [0.29, 0.717) is 0 Å². The zero-order chi connectivity index (χ0) is 14.3. The molecule has 2 aromatic heterocycles. The number of azo groups is 1. The number of rotatable bonds is 2. The number of para-hydroxylation sites is 1. The molecule has 0 radical (unpaired) electrons. The molecule has 0 aliphatic carbocycles. The van der Waals surface area contributed by atoms with E-state index in [-0.39, 0.29) is 0 Å². The van der Waals surface area contributed by atoms with E-state index >= 15 is 0 Å². The van der Waals surface area contributed by atoms with Crippen LogP contribution in [0.5, 0.6) is 0 Å². The van der Waals surface area contributed by atoms with Crippen LogP contribution >= 0.6 is 0 Å². The highest BCUT2D eigenvalue weighted by Gasteiger charge is 2.12. The number of aryl methyl sites for hydroxylation is 2. The topological polar surface area (TPSA) is 38.5 Å². The van der Waals surface area contributed by atoms with Crippen molar-refractivity contribution >= 4 is 22.3 Å². The van der Waals surface area contributed by atoms with Gasteiger partial charge in [0.25, 0.3) is 0 Å². The highest BCUT2D eigenvalue weighted by atomic mass is 15.4. The van der Waals surface area contributed by atoms with Crippen LogP contribution in [0.2, 0.25) is 0 Å². The van der Waals surface area contributed by atoms with E-state index in [9.17, 15) is 0 Å². The minimum absolute atomic E-state index is 0.892. The molecule has 2 heterocycles. The molecular weight excluding hydrogens is 250 g/mol. The Morgan fingerprint density at radius 1 is 1.05 bits per heavy atom. The largest absolute Gasteiger partial charge is 0.348 e. The van der Waals surface area contributed by atoms with E-state index in [1.54, 1.807) is 0 Å². The summed E-state index contributed by atoms with van der Waals surface area (Å²) in [5, 5.41) is 9.93. The first-order valence-corrected chi connectivity index (χ1v) is 6.56. The Bertz CT molecular complexity index is 807. The van der Waals surface area contributed by atoms with Gasteiger partial charge in [0, 0.05) is 18.6 Å². The summed E-state index contributed by atoms with van der Waals surface area (Å²) in [6, 6.07) is 8.21. The average Bonchev–Trinajstić information content (AvgIpc) is 2.90. The van der Waals surface area contributed by atoms with Crippen molar-refractivity contribution in [3.05, 3.63) is 42.4 Å². The molecule has 3 rings (SSSR count). The van der Waals surface area contributed by atoms with Crippen LogP contribution in [0.3, 0.4) is 0 Å². The van der Waals surface area contributed by atoms with Crippen LogP contribution in [-0.4, -0.2) is 9.25 Å². The summed E-state index contributed by atoms with van der Waals surface area (Å²) < 4.78 is 6.10. The molecular formula is C15H18N5+. The molecule has 0 unspecified atom stereocenters. The molecule has 5 nitrogen and oxygen atoms in total. The van der Waals surface area contributed by atoms with Gasteiger partial charge in [-0.25, -0.2) is 0 Å². The van der Waals surface area contributed by atoms with Gasteiger partial charge in [-0.05, 0) is 13.0 Å². The van der Waals surface area contributed by atoms with Gasteiger partial charge in [0.2, 0.25) is 6.20 Å². The second kappa shape index (κ2) is 4.59. The SMILES string of the molecule is Cc1c(N=Nc2cn(C)c3ccccc23)c[n+](C)n1C. The van der Waals surface area contributed by atoms with Crippen LogP contribution in [0.1, 0.15) is 5.69 Å². The zero-order valence-electron chi connectivity index (χ0n) is 12.2. The summed E-state index contributed by atoms with van der Waals surface area (Å²) in [5.41, 5.74) is 4.05. The maximum Gasteiger partial charge on any atom is 0.223 e. The number of fused-ring (bicyclic) bond motifs is 1. The molecule has 0 saturated heterocycles. The fraction of sp³-hybridized carbons (Fsp3) is 0.267. The molecule has 0 spiro atoms. The zero-order valence-corrected chi connectivity index (χ0v) is 12.2. The molecule has 0 atom stereocenters. The van der Waals surface area contributed by atoms with Crippen LogP contribution in [0, 0.1) is 6.92 Å². The van der Waals surface area contributed by atoms with E-state index in [4.69, 9.17) is 0 Å². The molecule has 3 aromatic rings.